The van der Waals surface area contributed by atoms with Crippen LogP contribution in [0.2, 0.25) is 0 Å². The molecular weight excluding hydrogens is 414 g/mol. The van der Waals surface area contributed by atoms with Gasteiger partial charge in [0.1, 0.15) is 0 Å². The van der Waals surface area contributed by atoms with E-state index >= 15 is 0 Å². The summed E-state index contributed by atoms with van der Waals surface area (Å²) in [6.45, 7) is 0. The molecule has 0 bridgehead atoms. The van der Waals surface area contributed by atoms with Crippen LogP contribution >= 0.6 is 11.9 Å². The molecule has 0 spiro atoms. The number of aromatic hydroxyl groups is 1. The molecule has 0 aliphatic carbocycles. The van der Waals surface area contributed by atoms with Crippen LogP contribution < -0.4 is 23.7 Å². The molecule has 2 N–H and O–H groups in total. The number of hydrogen-bond acceptors (Lipinski definition) is 7. The number of methoxy groups -OCH3 is 4. The number of benzene rings is 3. The molecule has 3 aromatic carbocycles. The van der Waals surface area contributed by atoms with Crippen molar-refractivity contribution in [3.05, 3.63) is 65.7 Å². The van der Waals surface area contributed by atoms with Gasteiger partial charge in [-0.1, -0.05) is 30.4 Å². The lowest BCUT2D eigenvalue weighted by Crippen LogP contribution is -1.96. The molecule has 0 saturated heterocycles. The van der Waals surface area contributed by atoms with Gasteiger partial charge in [-0.2, -0.15) is 0 Å². The van der Waals surface area contributed by atoms with Crippen molar-refractivity contribution in [2.24, 2.45) is 0 Å². The van der Waals surface area contributed by atoms with E-state index in [1.165, 1.54) is 19.1 Å². The van der Waals surface area contributed by atoms with E-state index in [1.807, 2.05) is 60.7 Å². The predicted molar refractivity (Wildman–Crippen MR) is 126 cm³/mol. The molecule has 0 unspecified atom stereocenters. The van der Waals surface area contributed by atoms with Gasteiger partial charge in [-0.15, -0.1) is 0 Å². The van der Waals surface area contributed by atoms with Gasteiger partial charge in [0, 0.05) is 10.5 Å². The first kappa shape index (κ1) is 22.2. The Bertz CT molecular complexity index is 1030. The van der Waals surface area contributed by atoms with Gasteiger partial charge in [-0.3, -0.25) is 0 Å². The highest BCUT2D eigenvalue weighted by Gasteiger charge is 2.14. The Morgan fingerprint density at radius 1 is 0.774 bits per heavy atom. The van der Waals surface area contributed by atoms with Crippen molar-refractivity contribution in [1.29, 1.82) is 0 Å². The fourth-order valence-electron chi connectivity index (χ4n) is 3.02. The Labute approximate surface area is 186 Å². The molecule has 0 heterocycles. The Hall–Kier alpha value is -3.45. The molecule has 0 saturated carbocycles. The van der Waals surface area contributed by atoms with E-state index in [1.54, 1.807) is 27.4 Å². The summed E-state index contributed by atoms with van der Waals surface area (Å²) in [5.74, 6) is 2.11. The molecule has 0 aliphatic heterocycles. The Kier molecular flexibility index (Phi) is 7.56. The van der Waals surface area contributed by atoms with Gasteiger partial charge < -0.3 is 28.8 Å². The number of ether oxygens (including phenoxy) is 4. The van der Waals surface area contributed by atoms with Crippen LogP contribution in [-0.2, 0) is 0 Å². The fraction of sp³-hybridized carbons (Fsp3) is 0.167. The summed E-state index contributed by atoms with van der Waals surface area (Å²) >= 11 is 1.43. The molecule has 0 atom stereocenters. The van der Waals surface area contributed by atoms with E-state index in [9.17, 15) is 5.11 Å². The maximum absolute atomic E-state index is 10.2. The molecule has 162 valence electrons. The van der Waals surface area contributed by atoms with Crippen molar-refractivity contribution in [2.45, 2.75) is 4.90 Å². The second-order valence-corrected chi connectivity index (χ2v) is 7.27. The van der Waals surface area contributed by atoms with Gasteiger partial charge in [0.2, 0.25) is 5.75 Å². The van der Waals surface area contributed by atoms with Crippen LogP contribution in [0.3, 0.4) is 0 Å². The van der Waals surface area contributed by atoms with Crippen molar-refractivity contribution in [3.8, 4) is 28.7 Å². The highest BCUT2D eigenvalue weighted by atomic mass is 32.2. The van der Waals surface area contributed by atoms with Crippen molar-refractivity contribution in [1.82, 2.24) is 0 Å². The molecule has 0 radical (unpaired) electrons. The smallest absolute Gasteiger partial charge is 0.203 e. The quantitative estimate of drug-likeness (QED) is 0.327. The molecule has 6 nitrogen and oxygen atoms in total. The van der Waals surface area contributed by atoms with Crippen molar-refractivity contribution in [2.75, 3.05) is 33.2 Å². The summed E-state index contributed by atoms with van der Waals surface area (Å²) < 4.78 is 25.0. The number of hydrogen-bond donors (Lipinski definition) is 2. The molecule has 0 aliphatic rings. The largest absolute Gasteiger partial charge is 0.504 e. The van der Waals surface area contributed by atoms with E-state index < -0.39 is 0 Å². The van der Waals surface area contributed by atoms with Crippen molar-refractivity contribution >= 4 is 29.8 Å². The summed E-state index contributed by atoms with van der Waals surface area (Å²) in [6.07, 6.45) is 3.85. The summed E-state index contributed by atoms with van der Waals surface area (Å²) in [6, 6.07) is 17.0. The fourth-order valence-corrected chi connectivity index (χ4v) is 3.74. The number of anilines is 1. The normalized spacial score (nSPS) is 10.7. The van der Waals surface area contributed by atoms with Gasteiger partial charge in [0.25, 0.3) is 0 Å². The lowest BCUT2D eigenvalue weighted by atomic mass is 10.1. The number of phenolic OH excluding ortho intramolecular Hbond substituents is 1. The molecule has 0 fully saturated rings. The topological polar surface area (TPSA) is 69.2 Å². The van der Waals surface area contributed by atoms with Gasteiger partial charge >= 0.3 is 0 Å². The maximum Gasteiger partial charge on any atom is 0.203 e. The van der Waals surface area contributed by atoms with E-state index in [0.717, 1.165) is 16.0 Å². The Balaban J connectivity index is 1.96. The highest BCUT2D eigenvalue weighted by Crippen LogP contribution is 2.41. The standard InChI is InChI=1S/C24H25NO5S/c1-27-20-14-16(15-21(28-2)24(20)30-4)10-11-17-12-13-19(26)23(29-3)22(17)25-31-18-8-6-5-7-9-18/h5-15,25-26H,1-4H3/b11-10-. The van der Waals surface area contributed by atoms with Crippen LogP contribution in [0.25, 0.3) is 12.2 Å². The molecule has 3 aromatic rings. The molecule has 0 amide bonds. The van der Waals surface area contributed by atoms with Gasteiger partial charge in [-0.25, -0.2) is 0 Å². The van der Waals surface area contributed by atoms with Crippen LogP contribution in [0, 0.1) is 0 Å². The Morgan fingerprint density at radius 3 is 2.00 bits per heavy atom. The highest BCUT2D eigenvalue weighted by molar-refractivity contribution is 8.00. The van der Waals surface area contributed by atoms with E-state index in [2.05, 4.69) is 4.72 Å². The van der Waals surface area contributed by atoms with Gasteiger partial charge in [0.15, 0.2) is 23.0 Å². The summed E-state index contributed by atoms with van der Waals surface area (Å²) in [5, 5.41) is 10.2. The minimum absolute atomic E-state index is 0.0589. The number of rotatable bonds is 9. The third-order valence-electron chi connectivity index (χ3n) is 4.53. The summed E-state index contributed by atoms with van der Waals surface area (Å²) in [5.41, 5.74) is 2.37. The van der Waals surface area contributed by atoms with Crippen LogP contribution in [0.1, 0.15) is 11.1 Å². The van der Waals surface area contributed by atoms with Crippen molar-refractivity contribution < 1.29 is 24.1 Å². The van der Waals surface area contributed by atoms with E-state index in [0.29, 0.717) is 28.7 Å². The lowest BCUT2D eigenvalue weighted by molar-refractivity contribution is 0.324. The minimum atomic E-state index is 0.0589. The first-order valence-corrected chi connectivity index (χ1v) is 10.3. The average Bonchev–Trinajstić information content (AvgIpc) is 2.81. The molecular formula is C24H25NO5S. The second-order valence-electron chi connectivity index (χ2n) is 6.39. The zero-order valence-electron chi connectivity index (χ0n) is 17.8. The first-order chi connectivity index (χ1) is 15.1. The molecule has 31 heavy (non-hydrogen) atoms. The summed E-state index contributed by atoms with van der Waals surface area (Å²) in [7, 11) is 6.26. The number of nitrogens with one attached hydrogen (secondary N) is 1. The van der Waals surface area contributed by atoms with Gasteiger partial charge in [-0.05, 0) is 53.9 Å². The predicted octanol–water partition coefficient (Wildman–Crippen LogP) is 5.72. The second kappa shape index (κ2) is 10.5. The maximum atomic E-state index is 10.2. The number of phenols is 1. The average molecular weight is 440 g/mol. The Morgan fingerprint density at radius 2 is 1.42 bits per heavy atom. The summed E-state index contributed by atoms with van der Waals surface area (Å²) in [4.78, 5) is 1.03. The van der Waals surface area contributed by atoms with Crippen LogP contribution in [0.4, 0.5) is 5.69 Å². The third kappa shape index (κ3) is 5.19. The van der Waals surface area contributed by atoms with Crippen LogP contribution in [-0.4, -0.2) is 33.5 Å². The molecule has 3 rings (SSSR count). The van der Waals surface area contributed by atoms with Crippen LogP contribution in [0.5, 0.6) is 28.7 Å². The zero-order valence-corrected chi connectivity index (χ0v) is 18.7. The SMILES string of the molecule is COc1cc(/C=C\c2ccc(O)c(OC)c2NSc2ccccc2)cc(OC)c1OC. The zero-order chi connectivity index (χ0) is 22.2. The van der Waals surface area contributed by atoms with E-state index in [-0.39, 0.29) is 5.75 Å². The van der Waals surface area contributed by atoms with Gasteiger partial charge in [0.05, 0.1) is 34.1 Å². The molecule has 0 aromatic heterocycles. The third-order valence-corrected chi connectivity index (χ3v) is 5.34. The minimum Gasteiger partial charge on any atom is -0.504 e. The first-order valence-electron chi connectivity index (χ1n) is 9.47. The lowest BCUT2D eigenvalue weighted by Gasteiger charge is -2.15. The molecule has 7 heteroatoms. The van der Waals surface area contributed by atoms with Crippen molar-refractivity contribution in [3.63, 3.8) is 0 Å². The van der Waals surface area contributed by atoms with E-state index in [4.69, 9.17) is 18.9 Å². The van der Waals surface area contributed by atoms with Crippen LogP contribution in [0.15, 0.2) is 59.5 Å². The monoisotopic (exact) mass is 439 g/mol.